The van der Waals surface area contributed by atoms with Gasteiger partial charge >= 0.3 is 0 Å². The maximum absolute atomic E-state index is 11.9. The number of carbonyl (C=O) groups excluding carboxylic acids is 2. The van der Waals surface area contributed by atoms with Crippen molar-refractivity contribution in [3.63, 3.8) is 0 Å². The number of rotatable bonds is 3. The predicted molar refractivity (Wildman–Crippen MR) is 72.7 cm³/mol. The molecule has 2 rings (SSSR count). The number of piperazine rings is 1. The highest BCUT2D eigenvalue weighted by Gasteiger charge is 2.24. The molecule has 0 aromatic carbocycles. The van der Waals surface area contributed by atoms with Gasteiger partial charge in [-0.05, 0) is 26.2 Å². The standard InChI is InChI=1S/C13H24N4O2/c1-10-7-15-11(8-14-10)13(19)16-9-12(18)17-5-3-2-4-6-17/h10-11,14-15H,2-9H2,1H3,(H,16,19). The Kier molecular flexibility index (Phi) is 5.15. The first-order valence-corrected chi connectivity index (χ1v) is 7.19. The van der Waals surface area contributed by atoms with Gasteiger partial charge in [-0.25, -0.2) is 0 Å². The Balaban J connectivity index is 1.69. The quantitative estimate of drug-likeness (QED) is 0.618. The van der Waals surface area contributed by atoms with Crippen molar-refractivity contribution in [1.82, 2.24) is 20.9 Å². The van der Waals surface area contributed by atoms with Crippen LogP contribution in [-0.4, -0.2) is 61.5 Å². The number of hydrogen-bond acceptors (Lipinski definition) is 4. The summed E-state index contributed by atoms with van der Waals surface area (Å²) >= 11 is 0. The molecule has 0 radical (unpaired) electrons. The van der Waals surface area contributed by atoms with Crippen LogP contribution in [0, 0.1) is 0 Å². The lowest BCUT2D eigenvalue weighted by Gasteiger charge is -2.29. The van der Waals surface area contributed by atoms with Crippen molar-refractivity contribution in [1.29, 1.82) is 0 Å². The predicted octanol–water partition coefficient (Wildman–Crippen LogP) is -0.935. The minimum Gasteiger partial charge on any atom is -0.346 e. The molecule has 0 aliphatic carbocycles. The number of likely N-dealkylation sites (tertiary alicyclic amines) is 1. The van der Waals surface area contributed by atoms with Crippen molar-refractivity contribution in [3.8, 4) is 0 Å². The van der Waals surface area contributed by atoms with Crippen LogP contribution in [0.3, 0.4) is 0 Å². The smallest absolute Gasteiger partial charge is 0.241 e. The van der Waals surface area contributed by atoms with Gasteiger partial charge in [-0.1, -0.05) is 0 Å². The lowest BCUT2D eigenvalue weighted by atomic mass is 10.1. The summed E-state index contributed by atoms with van der Waals surface area (Å²) in [6.45, 7) is 5.24. The highest BCUT2D eigenvalue weighted by Crippen LogP contribution is 2.08. The minimum atomic E-state index is -0.231. The summed E-state index contributed by atoms with van der Waals surface area (Å²) in [6.07, 6.45) is 3.35. The van der Waals surface area contributed by atoms with E-state index in [1.54, 1.807) is 0 Å². The number of nitrogens with one attached hydrogen (secondary N) is 3. The van der Waals surface area contributed by atoms with E-state index in [1.165, 1.54) is 6.42 Å². The van der Waals surface area contributed by atoms with Crippen LogP contribution in [0.25, 0.3) is 0 Å². The molecule has 2 amide bonds. The molecule has 2 aliphatic heterocycles. The van der Waals surface area contributed by atoms with Crippen LogP contribution in [0.4, 0.5) is 0 Å². The molecule has 2 saturated heterocycles. The summed E-state index contributed by atoms with van der Waals surface area (Å²) in [6, 6.07) is 0.157. The monoisotopic (exact) mass is 268 g/mol. The molecule has 2 heterocycles. The Morgan fingerprint density at radius 1 is 1.16 bits per heavy atom. The summed E-state index contributed by atoms with van der Waals surface area (Å²) in [5, 5.41) is 9.15. The van der Waals surface area contributed by atoms with Gasteiger partial charge in [-0.15, -0.1) is 0 Å². The Morgan fingerprint density at radius 3 is 2.53 bits per heavy atom. The van der Waals surface area contributed by atoms with Gasteiger partial charge in [-0.2, -0.15) is 0 Å². The average Bonchev–Trinajstić information content (AvgIpc) is 2.46. The number of nitrogens with zero attached hydrogens (tertiary/aromatic N) is 1. The van der Waals surface area contributed by atoms with E-state index < -0.39 is 0 Å². The zero-order valence-electron chi connectivity index (χ0n) is 11.6. The second-order valence-corrected chi connectivity index (χ2v) is 5.43. The normalized spacial score (nSPS) is 27.9. The van der Waals surface area contributed by atoms with E-state index in [0.717, 1.165) is 32.5 Å². The Bertz CT molecular complexity index is 321. The molecule has 0 saturated carbocycles. The summed E-state index contributed by atoms with van der Waals surface area (Å²) in [5.41, 5.74) is 0. The third kappa shape index (κ3) is 4.18. The first-order valence-electron chi connectivity index (χ1n) is 7.19. The van der Waals surface area contributed by atoms with Gasteiger partial charge in [-0.3, -0.25) is 9.59 Å². The van der Waals surface area contributed by atoms with Crippen molar-refractivity contribution in [3.05, 3.63) is 0 Å². The maximum atomic E-state index is 11.9. The molecule has 0 aromatic heterocycles. The molecular formula is C13H24N4O2. The number of piperidine rings is 1. The fourth-order valence-corrected chi connectivity index (χ4v) is 2.51. The number of hydrogen-bond donors (Lipinski definition) is 3. The Morgan fingerprint density at radius 2 is 1.89 bits per heavy atom. The van der Waals surface area contributed by atoms with E-state index in [1.807, 2.05) is 4.90 Å². The fourth-order valence-electron chi connectivity index (χ4n) is 2.51. The van der Waals surface area contributed by atoms with Crippen molar-refractivity contribution >= 4 is 11.8 Å². The van der Waals surface area contributed by atoms with Gasteiger partial charge in [0.1, 0.15) is 0 Å². The van der Waals surface area contributed by atoms with E-state index in [-0.39, 0.29) is 24.4 Å². The SMILES string of the molecule is CC1CNC(C(=O)NCC(=O)N2CCCCC2)CN1. The zero-order valence-corrected chi connectivity index (χ0v) is 11.6. The Hall–Kier alpha value is -1.14. The summed E-state index contributed by atoms with van der Waals surface area (Å²) in [7, 11) is 0. The van der Waals surface area contributed by atoms with Crippen LogP contribution in [0.1, 0.15) is 26.2 Å². The molecule has 2 fully saturated rings. The van der Waals surface area contributed by atoms with Gasteiger partial charge in [0, 0.05) is 32.2 Å². The molecule has 2 aliphatic rings. The lowest BCUT2D eigenvalue weighted by molar-refractivity contribution is -0.134. The van der Waals surface area contributed by atoms with Crippen molar-refractivity contribution < 1.29 is 9.59 Å². The molecule has 3 N–H and O–H groups in total. The highest BCUT2D eigenvalue weighted by atomic mass is 16.2. The first-order chi connectivity index (χ1) is 9.16. The van der Waals surface area contributed by atoms with Crippen LogP contribution in [0.2, 0.25) is 0 Å². The second-order valence-electron chi connectivity index (χ2n) is 5.43. The molecule has 0 aromatic rings. The molecule has 0 spiro atoms. The average molecular weight is 268 g/mol. The van der Waals surface area contributed by atoms with E-state index in [9.17, 15) is 9.59 Å². The van der Waals surface area contributed by atoms with Crippen LogP contribution in [0.5, 0.6) is 0 Å². The van der Waals surface area contributed by atoms with E-state index in [2.05, 4.69) is 22.9 Å². The van der Waals surface area contributed by atoms with Gasteiger partial charge in [0.25, 0.3) is 0 Å². The van der Waals surface area contributed by atoms with Crippen molar-refractivity contribution in [2.45, 2.75) is 38.3 Å². The van der Waals surface area contributed by atoms with Crippen molar-refractivity contribution in [2.24, 2.45) is 0 Å². The molecule has 0 bridgehead atoms. The van der Waals surface area contributed by atoms with Gasteiger partial charge in [0.05, 0.1) is 12.6 Å². The molecule has 108 valence electrons. The summed E-state index contributed by atoms with van der Waals surface area (Å²) < 4.78 is 0. The molecule has 6 heteroatoms. The fraction of sp³-hybridized carbons (Fsp3) is 0.846. The zero-order chi connectivity index (χ0) is 13.7. The second kappa shape index (κ2) is 6.86. The number of amides is 2. The van der Waals surface area contributed by atoms with E-state index >= 15 is 0 Å². The largest absolute Gasteiger partial charge is 0.346 e. The van der Waals surface area contributed by atoms with Gasteiger partial charge in [0.2, 0.25) is 11.8 Å². The van der Waals surface area contributed by atoms with Crippen LogP contribution in [-0.2, 0) is 9.59 Å². The van der Waals surface area contributed by atoms with Crippen LogP contribution >= 0.6 is 0 Å². The minimum absolute atomic E-state index is 0.0326. The maximum Gasteiger partial charge on any atom is 0.241 e. The topological polar surface area (TPSA) is 73.5 Å². The first kappa shape index (κ1) is 14.3. The van der Waals surface area contributed by atoms with E-state index in [4.69, 9.17) is 0 Å². The third-order valence-corrected chi connectivity index (χ3v) is 3.78. The highest BCUT2D eigenvalue weighted by molar-refractivity contribution is 5.87. The van der Waals surface area contributed by atoms with Gasteiger partial charge < -0.3 is 20.9 Å². The summed E-state index contributed by atoms with van der Waals surface area (Å²) in [4.78, 5) is 25.7. The molecule has 6 nitrogen and oxygen atoms in total. The molecule has 19 heavy (non-hydrogen) atoms. The molecular weight excluding hydrogens is 244 g/mol. The van der Waals surface area contributed by atoms with Crippen LogP contribution in [0.15, 0.2) is 0 Å². The van der Waals surface area contributed by atoms with Gasteiger partial charge in [0.15, 0.2) is 0 Å². The molecule has 2 atom stereocenters. The molecule has 2 unspecified atom stereocenters. The van der Waals surface area contributed by atoms with Crippen LogP contribution < -0.4 is 16.0 Å². The van der Waals surface area contributed by atoms with E-state index in [0.29, 0.717) is 12.6 Å². The third-order valence-electron chi connectivity index (χ3n) is 3.78. The number of carbonyl (C=O) groups is 2. The lowest BCUT2D eigenvalue weighted by Crippen LogP contribution is -2.59. The summed E-state index contributed by atoms with van der Waals surface area (Å²) in [5.74, 6) is -0.0602. The Labute approximate surface area is 114 Å². The van der Waals surface area contributed by atoms with Crippen molar-refractivity contribution in [2.75, 3.05) is 32.7 Å².